The van der Waals surface area contributed by atoms with Crippen LogP contribution in [-0.4, -0.2) is 29.3 Å². The normalized spacial score (nSPS) is 27.0. The van der Waals surface area contributed by atoms with Crippen LogP contribution in [-0.2, 0) is 9.59 Å². The number of rotatable bonds is 4. The number of aryl methyl sites for hydroxylation is 1. The molecule has 1 aliphatic heterocycles. The van der Waals surface area contributed by atoms with Crippen LogP contribution >= 0.6 is 0 Å². The summed E-state index contributed by atoms with van der Waals surface area (Å²) in [5.41, 5.74) is 2.44. The monoisotopic (exact) mass is 326 g/mol. The Bertz CT molecular complexity index is 649. The van der Waals surface area contributed by atoms with Gasteiger partial charge in [-0.15, -0.1) is 0 Å². The second kappa shape index (κ2) is 6.23. The maximum absolute atomic E-state index is 12.8. The fourth-order valence-electron chi connectivity index (χ4n) is 3.76. The zero-order valence-corrected chi connectivity index (χ0v) is 14.3. The molecule has 2 saturated carbocycles. The molecule has 1 saturated heterocycles. The maximum atomic E-state index is 12.8. The molecule has 2 aliphatic carbocycles. The number of hydrogen-bond donors (Lipinski definition) is 1. The fraction of sp³-hybridized carbons (Fsp3) is 0.600. The smallest absolute Gasteiger partial charge is 0.226 e. The van der Waals surface area contributed by atoms with Gasteiger partial charge in [-0.3, -0.25) is 9.59 Å². The molecular formula is C20H26N2O2. The predicted molar refractivity (Wildman–Crippen MR) is 92.2 cm³/mol. The van der Waals surface area contributed by atoms with Crippen LogP contribution in [0.15, 0.2) is 24.3 Å². The van der Waals surface area contributed by atoms with E-state index in [1.54, 1.807) is 0 Å². The van der Waals surface area contributed by atoms with E-state index in [2.05, 4.69) is 36.5 Å². The van der Waals surface area contributed by atoms with Crippen molar-refractivity contribution < 1.29 is 9.59 Å². The van der Waals surface area contributed by atoms with Gasteiger partial charge in [0.2, 0.25) is 11.8 Å². The molecule has 2 atom stereocenters. The van der Waals surface area contributed by atoms with Crippen LogP contribution in [0, 0.1) is 18.8 Å². The number of carbonyl (C=O) groups excluding carboxylic acids is 2. The second-order valence-electron chi connectivity index (χ2n) is 7.75. The first-order valence-electron chi connectivity index (χ1n) is 9.29. The van der Waals surface area contributed by atoms with E-state index in [0.29, 0.717) is 12.6 Å². The first-order chi connectivity index (χ1) is 11.6. The minimum atomic E-state index is -0.0469. The van der Waals surface area contributed by atoms with Crippen LogP contribution < -0.4 is 5.32 Å². The van der Waals surface area contributed by atoms with Crippen LogP contribution in [0.1, 0.15) is 55.7 Å². The van der Waals surface area contributed by atoms with Gasteiger partial charge < -0.3 is 10.2 Å². The molecule has 4 nitrogen and oxygen atoms in total. The van der Waals surface area contributed by atoms with Gasteiger partial charge in [-0.05, 0) is 51.0 Å². The van der Waals surface area contributed by atoms with Crippen LogP contribution in [0.4, 0.5) is 0 Å². The Morgan fingerprint density at radius 2 is 1.79 bits per heavy atom. The quantitative estimate of drug-likeness (QED) is 0.925. The third-order valence-corrected chi connectivity index (χ3v) is 5.51. The van der Waals surface area contributed by atoms with Gasteiger partial charge in [0.15, 0.2) is 0 Å². The molecule has 2 unspecified atom stereocenters. The highest BCUT2D eigenvalue weighted by molar-refractivity contribution is 5.84. The molecule has 4 rings (SSSR count). The Morgan fingerprint density at radius 3 is 2.46 bits per heavy atom. The summed E-state index contributed by atoms with van der Waals surface area (Å²) in [4.78, 5) is 27.3. The molecule has 3 aliphatic rings. The van der Waals surface area contributed by atoms with Gasteiger partial charge in [-0.2, -0.15) is 0 Å². The van der Waals surface area contributed by atoms with E-state index in [1.807, 2.05) is 4.90 Å². The Hall–Kier alpha value is -1.84. The standard InChI is InChI=1S/C20H26N2O2/c1-13-3-2-4-15(11-13)18-10-7-16(19(23)21-17-8-9-17)12-22(18)20(24)14-5-6-14/h2-4,11,14,16-18H,5-10,12H2,1H3,(H,21,23). The molecular weight excluding hydrogens is 300 g/mol. The summed E-state index contributed by atoms with van der Waals surface area (Å²) >= 11 is 0. The van der Waals surface area contributed by atoms with Gasteiger partial charge in [0.1, 0.15) is 0 Å². The third kappa shape index (κ3) is 3.33. The second-order valence-corrected chi connectivity index (χ2v) is 7.75. The first kappa shape index (κ1) is 15.7. The van der Waals surface area contributed by atoms with E-state index in [-0.39, 0.29) is 29.7 Å². The molecule has 24 heavy (non-hydrogen) atoms. The lowest BCUT2D eigenvalue weighted by Crippen LogP contribution is -2.47. The van der Waals surface area contributed by atoms with Gasteiger partial charge in [0, 0.05) is 18.5 Å². The molecule has 0 bridgehead atoms. The van der Waals surface area contributed by atoms with E-state index < -0.39 is 0 Å². The number of amides is 2. The largest absolute Gasteiger partial charge is 0.353 e. The number of hydrogen-bond acceptors (Lipinski definition) is 2. The molecule has 1 aromatic carbocycles. The van der Waals surface area contributed by atoms with Crippen molar-refractivity contribution in [2.45, 2.75) is 57.5 Å². The van der Waals surface area contributed by atoms with Crippen LogP contribution in [0.3, 0.4) is 0 Å². The van der Waals surface area contributed by atoms with Gasteiger partial charge in [0.25, 0.3) is 0 Å². The molecule has 0 radical (unpaired) electrons. The minimum absolute atomic E-state index is 0.0469. The summed E-state index contributed by atoms with van der Waals surface area (Å²) in [6.45, 7) is 2.66. The van der Waals surface area contributed by atoms with E-state index in [9.17, 15) is 9.59 Å². The topological polar surface area (TPSA) is 49.4 Å². The lowest BCUT2D eigenvalue weighted by Gasteiger charge is -2.40. The zero-order chi connectivity index (χ0) is 16.7. The summed E-state index contributed by atoms with van der Waals surface area (Å²) in [5, 5.41) is 3.11. The minimum Gasteiger partial charge on any atom is -0.353 e. The summed E-state index contributed by atoms with van der Waals surface area (Å²) in [7, 11) is 0. The molecule has 1 N–H and O–H groups in total. The third-order valence-electron chi connectivity index (χ3n) is 5.51. The molecule has 0 spiro atoms. The summed E-state index contributed by atoms with van der Waals surface area (Å²) in [6, 6.07) is 8.97. The van der Waals surface area contributed by atoms with Crippen molar-refractivity contribution in [1.82, 2.24) is 10.2 Å². The van der Waals surface area contributed by atoms with E-state index in [4.69, 9.17) is 0 Å². The summed E-state index contributed by atoms with van der Waals surface area (Å²) < 4.78 is 0. The molecule has 0 aromatic heterocycles. The van der Waals surface area contributed by atoms with Crippen LogP contribution in [0.25, 0.3) is 0 Å². The van der Waals surface area contributed by atoms with Crippen molar-refractivity contribution in [3.05, 3.63) is 35.4 Å². The first-order valence-corrected chi connectivity index (χ1v) is 9.29. The van der Waals surface area contributed by atoms with Crippen molar-refractivity contribution in [3.63, 3.8) is 0 Å². The Kier molecular flexibility index (Phi) is 4.07. The highest BCUT2D eigenvalue weighted by atomic mass is 16.2. The SMILES string of the molecule is Cc1cccc(C2CCC(C(=O)NC3CC3)CN2C(=O)C2CC2)c1. The van der Waals surface area contributed by atoms with Crippen LogP contribution in [0.5, 0.6) is 0 Å². The lowest BCUT2D eigenvalue weighted by molar-refractivity contribution is -0.140. The predicted octanol–water partition coefficient (Wildman–Crippen LogP) is 2.96. The molecule has 1 aromatic rings. The lowest BCUT2D eigenvalue weighted by atomic mass is 9.87. The van der Waals surface area contributed by atoms with Crippen LogP contribution in [0.2, 0.25) is 0 Å². The molecule has 3 fully saturated rings. The number of nitrogens with one attached hydrogen (secondary N) is 1. The van der Waals surface area contributed by atoms with Crippen molar-refractivity contribution in [2.24, 2.45) is 11.8 Å². The highest BCUT2D eigenvalue weighted by Gasteiger charge is 2.41. The van der Waals surface area contributed by atoms with E-state index in [0.717, 1.165) is 38.5 Å². The Balaban J connectivity index is 1.53. The number of piperidine rings is 1. The van der Waals surface area contributed by atoms with Gasteiger partial charge in [0.05, 0.1) is 12.0 Å². The Morgan fingerprint density at radius 1 is 1.04 bits per heavy atom. The number of nitrogens with zero attached hydrogens (tertiary/aromatic N) is 1. The molecule has 2 amide bonds. The highest BCUT2D eigenvalue weighted by Crippen LogP contribution is 2.39. The summed E-state index contributed by atoms with van der Waals surface area (Å²) in [5.74, 6) is 0.552. The van der Waals surface area contributed by atoms with Crippen molar-refractivity contribution in [2.75, 3.05) is 6.54 Å². The van der Waals surface area contributed by atoms with Gasteiger partial charge >= 0.3 is 0 Å². The fourth-order valence-corrected chi connectivity index (χ4v) is 3.76. The average molecular weight is 326 g/mol. The molecule has 128 valence electrons. The number of likely N-dealkylation sites (tertiary alicyclic amines) is 1. The van der Waals surface area contributed by atoms with E-state index >= 15 is 0 Å². The van der Waals surface area contributed by atoms with Gasteiger partial charge in [-0.25, -0.2) is 0 Å². The van der Waals surface area contributed by atoms with Crippen molar-refractivity contribution in [3.8, 4) is 0 Å². The number of carbonyl (C=O) groups is 2. The number of benzene rings is 1. The molecule has 4 heteroatoms. The molecule has 1 heterocycles. The van der Waals surface area contributed by atoms with E-state index in [1.165, 1.54) is 11.1 Å². The van der Waals surface area contributed by atoms with Crippen molar-refractivity contribution in [1.29, 1.82) is 0 Å². The Labute approximate surface area is 143 Å². The zero-order valence-electron chi connectivity index (χ0n) is 14.3. The average Bonchev–Trinajstić information content (AvgIpc) is 3.46. The summed E-state index contributed by atoms with van der Waals surface area (Å²) in [6.07, 6.45) is 5.98. The maximum Gasteiger partial charge on any atom is 0.226 e. The van der Waals surface area contributed by atoms with Crippen molar-refractivity contribution >= 4 is 11.8 Å². The van der Waals surface area contributed by atoms with Gasteiger partial charge in [-0.1, -0.05) is 29.8 Å².